The van der Waals surface area contributed by atoms with Crippen molar-refractivity contribution in [3.05, 3.63) is 35.6 Å². The number of benzene rings is 1. The molecular formula is C17H27FN4O2. The molecule has 0 aliphatic carbocycles. The summed E-state index contributed by atoms with van der Waals surface area (Å²) in [5.74, 6) is 0.301. The number of guanidine groups is 1. The molecule has 0 fully saturated rings. The predicted molar refractivity (Wildman–Crippen MR) is 93.6 cm³/mol. The van der Waals surface area contributed by atoms with Crippen LogP contribution in [-0.4, -0.2) is 51.3 Å². The van der Waals surface area contributed by atoms with E-state index in [1.807, 2.05) is 13.8 Å². The summed E-state index contributed by atoms with van der Waals surface area (Å²) < 4.78 is 18.0. The average Bonchev–Trinajstić information content (AvgIpc) is 2.57. The molecule has 0 saturated carbocycles. The number of nitrogens with zero attached hydrogens (tertiary/aromatic N) is 1. The summed E-state index contributed by atoms with van der Waals surface area (Å²) in [5.41, 5.74) is 0.785. The zero-order chi connectivity index (χ0) is 17.6. The van der Waals surface area contributed by atoms with E-state index in [0.29, 0.717) is 38.8 Å². The van der Waals surface area contributed by atoms with Crippen LogP contribution in [0, 0.1) is 5.82 Å². The fraction of sp³-hybridized carbons (Fsp3) is 0.529. The molecule has 1 rings (SSSR count). The Balaban J connectivity index is 2.24. The van der Waals surface area contributed by atoms with Crippen molar-refractivity contribution in [2.24, 2.45) is 4.99 Å². The van der Waals surface area contributed by atoms with Gasteiger partial charge in [-0.25, -0.2) is 4.39 Å². The first-order valence-corrected chi connectivity index (χ1v) is 8.26. The molecule has 0 unspecified atom stereocenters. The molecule has 24 heavy (non-hydrogen) atoms. The Hall–Kier alpha value is -2.15. The van der Waals surface area contributed by atoms with Crippen LogP contribution in [0.25, 0.3) is 0 Å². The number of nitrogens with one attached hydrogen (secondary N) is 3. The highest BCUT2D eigenvalue weighted by atomic mass is 19.1. The van der Waals surface area contributed by atoms with Crippen LogP contribution in [0.15, 0.2) is 29.3 Å². The van der Waals surface area contributed by atoms with Gasteiger partial charge in [-0.3, -0.25) is 9.79 Å². The van der Waals surface area contributed by atoms with Crippen molar-refractivity contribution in [2.45, 2.75) is 20.3 Å². The highest BCUT2D eigenvalue weighted by Crippen LogP contribution is 2.03. The molecule has 0 spiro atoms. The van der Waals surface area contributed by atoms with Crippen LogP contribution in [0.1, 0.15) is 19.4 Å². The normalized spacial score (nSPS) is 11.2. The van der Waals surface area contributed by atoms with E-state index >= 15 is 0 Å². The van der Waals surface area contributed by atoms with E-state index < -0.39 is 0 Å². The lowest BCUT2D eigenvalue weighted by molar-refractivity contribution is -0.120. The Morgan fingerprint density at radius 3 is 2.50 bits per heavy atom. The van der Waals surface area contributed by atoms with E-state index in [1.165, 1.54) is 12.1 Å². The molecular weight excluding hydrogens is 311 g/mol. The van der Waals surface area contributed by atoms with Gasteiger partial charge in [-0.05, 0) is 31.5 Å². The molecule has 0 saturated heterocycles. The topological polar surface area (TPSA) is 74.8 Å². The van der Waals surface area contributed by atoms with Gasteiger partial charge in [-0.2, -0.15) is 0 Å². The third-order valence-corrected chi connectivity index (χ3v) is 3.07. The van der Waals surface area contributed by atoms with Crippen molar-refractivity contribution < 1.29 is 13.9 Å². The molecule has 1 amide bonds. The van der Waals surface area contributed by atoms with Crippen LogP contribution >= 0.6 is 0 Å². The minimum Gasteiger partial charge on any atom is -0.380 e. The smallest absolute Gasteiger partial charge is 0.224 e. The van der Waals surface area contributed by atoms with Gasteiger partial charge in [0.05, 0.1) is 19.6 Å². The van der Waals surface area contributed by atoms with E-state index in [1.54, 1.807) is 12.1 Å². The Labute approximate surface area is 142 Å². The second-order valence-electron chi connectivity index (χ2n) is 5.04. The summed E-state index contributed by atoms with van der Waals surface area (Å²) in [6.07, 6.45) is 0.239. The van der Waals surface area contributed by atoms with Crippen molar-refractivity contribution in [3.63, 3.8) is 0 Å². The number of carbonyl (C=O) groups is 1. The van der Waals surface area contributed by atoms with E-state index in [9.17, 15) is 9.18 Å². The Kier molecular flexibility index (Phi) is 10.2. The zero-order valence-electron chi connectivity index (χ0n) is 14.4. The molecule has 3 N–H and O–H groups in total. The van der Waals surface area contributed by atoms with Gasteiger partial charge in [0.1, 0.15) is 5.82 Å². The van der Waals surface area contributed by atoms with Crippen molar-refractivity contribution in [2.75, 3.05) is 39.4 Å². The Morgan fingerprint density at radius 2 is 1.83 bits per heavy atom. The summed E-state index contributed by atoms with van der Waals surface area (Å²) in [7, 11) is 0. The summed E-state index contributed by atoms with van der Waals surface area (Å²) in [6, 6.07) is 5.93. The second kappa shape index (κ2) is 12.3. The molecule has 0 atom stereocenters. The molecule has 0 bridgehead atoms. The van der Waals surface area contributed by atoms with Crippen LogP contribution < -0.4 is 16.0 Å². The quantitative estimate of drug-likeness (QED) is 0.339. The number of rotatable bonds is 10. The fourth-order valence-corrected chi connectivity index (χ4v) is 1.94. The lowest BCUT2D eigenvalue weighted by atomic mass is 10.1. The molecule has 134 valence electrons. The molecule has 0 heterocycles. The molecule has 1 aromatic carbocycles. The first kappa shape index (κ1) is 19.9. The molecule has 7 heteroatoms. The largest absolute Gasteiger partial charge is 0.380 e. The van der Waals surface area contributed by atoms with E-state index in [4.69, 9.17) is 4.74 Å². The Bertz CT molecular complexity index is 506. The van der Waals surface area contributed by atoms with Crippen molar-refractivity contribution in [3.8, 4) is 0 Å². The lowest BCUT2D eigenvalue weighted by Gasteiger charge is -2.12. The number of aliphatic imine (C=N–C) groups is 1. The zero-order valence-corrected chi connectivity index (χ0v) is 14.4. The van der Waals surface area contributed by atoms with Gasteiger partial charge in [-0.1, -0.05) is 12.1 Å². The van der Waals surface area contributed by atoms with Gasteiger partial charge in [0.15, 0.2) is 5.96 Å². The van der Waals surface area contributed by atoms with Crippen molar-refractivity contribution >= 4 is 11.9 Å². The van der Waals surface area contributed by atoms with E-state index in [2.05, 4.69) is 20.9 Å². The van der Waals surface area contributed by atoms with Gasteiger partial charge in [-0.15, -0.1) is 0 Å². The molecule has 0 aliphatic rings. The first-order valence-electron chi connectivity index (χ1n) is 8.26. The highest BCUT2D eigenvalue weighted by Gasteiger charge is 2.03. The SMILES string of the molecule is CCNC(=NCCOCC)NCCNC(=O)Cc1ccc(F)cc1. The summed E-state index contributed by atoms with van der Waals surface area (Å²) in [5, 5.41) is 9.09. The maximum absolute atomic E-state index is 12.8. The third-order valence-electron chi connectivity index (χ3n) is 3.07. The van der Waals surface area contributed by atoms with Gasteiger partial charge in [0, 0.05) is 26.2 Å². The van der Waals surface area contributed by atoms with Gasteiger partial charge in [0.2, 0.25) is 5.91 Å². The fourth-order valence-electron chi connectivity index (χ4n) is 1.94. The standard InChI is InChI=1S/C17H27FN4O2/c1-3-19-17(22-11-12-24-4-2)21-10-9-20-16(23)13-14-5-7-15(18)8-6-14/h5-8H,3-4,9-13H2,1-2H3,(H,20,23)(H2,19,21,22). The first-order chi connectivity index (χ1) is 11.7. The third kappa shape index (κ3) is 9.09. The van der Waals surface area contributed by atoms with Crippen LogP contribution in [0.3, 0.4) is 0 Å². The molecule has 0 aliphatic heterocycles. The number of halogens is 1. The molecule has 0 radical (unpaired) electrons. The maximum atomic E-state index is 12.8. The van der Waals surface area contributed by atoms with E-state index in [-0.39, 0.29) is 18.1 Å². The van der Waals surface area contributed by atoms with Crippen LogP contribution in [0.4, 0.5) is 4.39 Å². The highest BCUT2D eigenvalue weighted by molar-refractivity contribution is 5.80. The maximum Gasteiger partial charge on any atom is 0.224 e. The molecule has 0 aromatic heterocycles. The van der Waals surface area contributed by atoms with Crippen LogP contribution in [0.5, 0.6) is 0 Å². The Morgan fingerprint density at radius 1 is 1.12 bits per heavy atom. The predicted octanol–water partition coefficient (Wildman–Crippen LogP) is 1.08. The number of hydrogen-bond donors (Lipinski definition) is 3. The lowest BCUT2D eigenvalue weighted by Crippen LogP contribution is -2.42. The van der Waals surface area contributed by atoms with E-state index in [0.717, 1.165) is 12.1 Å². The average molecular weight is 338 g/mol. The van der Waals surface area contributed by atoms with Gasteiger partial charge < -0.3 is 20.7 Å². The number of ether oxygens (including phenoxy) is 1. The number of hydrogen-bond acceptors (Lipinski definition) is 3. The summed E-state index contributed by atoms with van der Waals surface area (Å²) in [6.45, 7) is 7.59. The minimum atomic E-state index is -0.303. The van der Waals surface area contributed by atoms with Gasteiger partial charge in [0.25, 0.3) is 0 Å². The monoisotopic (exact) mass is 338 g/mol. The van der Waals surface area contributed by atoms with Crippen molar-refractivity contribution in [1.82, 2.24) is 16.0 Å². The van der Waals surface area contributed by atoms with Crippen LogP contribution in [0.2, 0.25) is 0 Å². The summed E-state index contributed by atoms with van der Waals surface area (Å²) in [4.78, 5) is 16.2. The summed E-state index contributed by atoms with van der Waals surface area (Å²) >= 11 is 0. The minimum absolute atomic E-state index is 0.0957. The van der Waals surface area contributed by atoms with Crippen LogP contribution in [-0.2, 0) is 16.0 Å². The van der Waals surface area contributed by atoms with Crippen molar-refractivity contribution in [1.29, 1.82) is 0 Å². The molecule has 6 nitrogen and oxygen atoms in total. The number of carbonyl (C=O) groups excluding carboxylic acids is 1. The second-order valence-corrected chi connectivity index (χ2v) is 5.04. The molecule has 1 aromatic rings. The number of amides is 1. The van der Waals surface area contributed by atoms with Gasteiger partial charge >= 0.3 is 0 Å².